The van der Waals surface area contributed by atoms with Gasteiger partial charge < -0.3 is 10.4 Å². The molecule has 1 saturated heterocycles. The zero-order chi connectivity index (χ0) is 15.1. The molecule has 1 aromatic rings. The lowest BCUT2D eigenvalue weighted by molar-refractivity contribution is -0.126. The second kappa shape index (κ2) is 8.41. The van der Waals surface area contributed by atoms with Crippen molar-refractivity contribution in [1.82, 2.24) is 10.2 Å². The van der Waals surface area contributed by atoms with Crippen molar-refractivity contribution < 1.29 is 9.90 Å². The van der Waals surface area contributed by atoms with Crippen LogP contribution in [0.4, 0.5) is 0 Å². The monoisotopic (exact) mass is 308 g/mol. The van der Waals surface area contributed by atoms with Crippen LogP contribution < -0.4 is 5.32 Å². The molecule has 2 atom stereocenters. The van der Waals surface area contributed by atoms with E-state index in [-0.39, 0.29) is 18.1 Å². The van der Waals surface area contributed by atoms with Crippen LogP contribution in [0.25, 0.3) is 0 Å². The highest BCUT2D eigenvalue weighted by atomic mass is 32.2. The van der Waals surface area contributed by atoms with E-state index < -0.39 is 0 Å². The molecule has 1 aliphatic heterocycles. The molecule has 0 spiro atoms. The highest BCUT2D eigenvalue weighted by molar-refractivity contribution is 7.99. The average molecular weight is 308 g/mol. The molecule has 1 aromatic carbocycles. The van der Waals surface area contributed by atoms with Crippen molar-refractivity contribution in [2.75, 3.05) is 31.1 Å². The van der Waals surface area contributed by atoms with Crippen molar-refractivity contribution >= 4 is 17.7 Å². The van der Waals surface area contributed by atoms with E-state index in [2.05, 4.69) is 10.2 Å². The minimum Gasteiger partial charge on any atom is -0.393 e. The zero-order valence-electron chi connectivity index (χ0n) is 12.5. The SMILES string of the molecule is CC(O)CCNC(=O)C(c1ccccc1)N1CCSCC1. The number of amides is 1. The molecule has 2 N–H and O–H groups in total. The Hall–Kier alpha value is -1.04. The van der Waals surface area contributed by atoms with Crippen molar-refractivity contribution in [2.24, 2.45) is 0 Å². The van der Waals surface area contributed by atoms with Crippen molar-refractivity contribution in [2.45, 2.75) is 25.5 Å². The molecule has 1 fully saturated rings. The van der Waals surface area contributed by atoms with Crippen LogP contribution in [-0.2, 0) is 4.79 Å². The smallest absolute Gasteiger partial charge is 0.241 e. The van der Waals surface area contributed by atoms with Gasteiger partial charge in [0, 0.05) is 31.1 Å². The van der Waals surface area contributed by atoms with Gasteiger partial charge in [0.1, 0.15) is 6.04 Å². The van der Waals surface area contributed by atoms with E-state index in [0.29, 0.717) is 13.0 Å². The number of aliphatic hydroxyl groups excluding tert-OH is 1. The maximum atomic E-state index is 12.6. The Balaban J connectivity index is 2.06. The summed E-state index contributed by atoms with van der Waals surface area (Å²) in [6.45, 7) is 4.13. The van der Waals surface area contributed by atoms with Crippen LogP contribution in [-0.4, -0.2) is 53.2 Å². The summed E-state index contributed by atoms with van der Waals surface area (Å²) >= 11 is 1.94. The number of hydrogen-bond acceptors (Lipinski definition) is 4. The molecule has 1 aliphatic rings. The first-order valence-corrected chi connectivity index (χ1v) is 8.66. The summed E-state index contributed by atoms with van der Waals surface area (Å²) in [4.78, 5) is 14.8. The van der Waals surface area contributed by atoms with Gasteiger partial charge in [-0.15, -0.1) is 0 Å². The van der Waals surface area contributed by atoms with Crippen LogP contribution in [0.5, 0.6) is 0 Å². The van der Waals surface area contributed by atoms with Gasteiger partial charge in [0.2, 0.25) is 5.91 Å². The first kappa shape index (κ1) is 16.3. The number of thioether (sulfide) groups is 1. The van der Waals surface area contributed by atoms with Crippen LogP contribution in [0.2, 0.25) is 0 Å². The van der Waals surface area contributed by atoms with E-state index in [0.717, 1.165) is 30.2 Å². The lowest BCUT2D eigenvalue weighted by atomic mass is 10.0. The maximum Gasteiger partial charge on any atom is 0.241 e. The molecule has 0 aromatic heterocycles. The molecule has 5 heteroatoms. The van der Waals surface area contributed by atoms with Gasteiger partial charge >= 0.3 is 0 Å². The Labute approximate surface area is 130 Å². The highest BCUT2D eigenvalue weighted by Crippen LogP contribution is 2.24. The van der Waals surface area contributed by atoms with E-state index in [1.807, 2.05) is 42.1 Å². The number of hydrogen-bond donors (Lipinski definition) is 2. The summed E-state index contributed by atoms with van der Waals surface area (Å²) in [5, 5.41) is 12.3. The molecular formula is C16H24N2O2S. The van der Waals surface area contributed by atoms with Crippen LogP contribution >= 0.6 is 11.8 Å². The molecule has 4 nitrogen and oxygen atoms in total. The second-order valence-electron chi connectivity index (χ2n) is 5.39. The molecule has 1 amide bonds. The predicted molar refractivity (Wildman–Crippen MR) is 87.4 cm³/mol. The molecule has 2 unspecified atom stereocenters. The predicted octanol–water partition coefficient (Wildman–Crippen LogP) is 1.66. The molecule has 0 saturated carbocycles. The Bertz CT molecular complexity index is 433. The molecule has 21 heavy (non-hydrogen) atoms. The third-order valence-corrected chi connectivity index (χ3v) is 4.58. The van der Waals surface area contributed by atoms with Crippen LogP contribution in [0.3, 0.4) is 0 Å². The van der Waals surface area contributed by atoms with Gasteiger partial charge in [-0.3, -0.25) is 9.69 Å². The average Bonchev–Trinajstić information content (AvgIpc) is 2.49. The molecule has 2 rings (SSSR count). The van der Waals surface area contributed by atoms with Crippen molar-refractivity contribution in [3.63, 3.8) is 0 Å². The number of carbonyl (C=O) groups excluding carboxylic acids is 1. The van der Waals surface area contributed by atoms with Gasteiger partial charge in [0.15, 0.2) is 0 Å². The fraction of sp³-hybridized carbons (Fsp3) is 0.562. The van der Waals surface area contributed by atoms with E-state index >= 15 is 0 Å². The molecule has 0 radical (unpaired) electrons. The Morgan fingerprint density at radius 1 is 1.33 bits per heavy atom. The standard InChI is InChI=1S/C16H24N2O2S/c1-13(19)7-8-17-16(20)15(14-5-3-2-4-6-14)18-9-11-21-12-10-18/h2-6,13,15,19H,7-12H2,1H3,(H,17,20). The van der Waals surface area contributed by atoms with Gasteiger partial charge in [-0.05, 0) is 18.9 Å². The number of aliphatic hydroxyl groups is 1. The van der Waals surface area contributed by atoms with Crippen LogP contribution in [0.15, 0.2) is 30.3 Å². The molecule has 1 heterocycles. The highest BCUT2D eigenvalue weighted by Gasteiger charge is 2.28. The number of nitrogens with zero attached hydrogens (tertiary/aromatic N) is 1. The van der Waals surface area contributed by atoms with Gasteiger partial charge in [-0.2, -0.15) is 11.8 Å². The number of nitrogens with one attached hydrogen (secondary N) is 1. The van der Waals surface area contributed by atoms with E-state index in [4.69, 9.17) is 0 Å². The number of rotatable bonds is 6. The minimum absolute atomic E-state index is 0.0359. The topological polar surface area (TPSA) is 52.6 Å². The largest absolute Gasteiger partial charge is 0.393 e. The lowest BCUT2D eigenvalue weighted by Gasteiger charge is -2.33. The zero-order valence-corrected chi connectivity index (χ0v) is 13.3. The van der Waals surface area contributed by atoms with Gasteiger partial charge in [-0.1, -0.05) is 30.3 Å². The Kier molecular flexibility index (Phi) is 6.54. The van der Waals surface area contributed by atoms with E-state index in [1.54, 1.807) is 6.92 Å². The summed E-state index contributed by atoms with van der Waals surface area (Å²) in [7, 11) is 0. The van der Waals surface area contributed by atoms with Gasteiger partial charge in [0.25, 0.3) is 0 Å². The minimum atomic E-state index is -0.383. The van der Waals surface area contributed by atoms with Gasteiger partial charge in [0.05, 0.1) is 6.10 Å². The van der Waals surface area contributed by atoms with Crippen molar-refractivity contribution in [3.8, 4) is 0 Å². The fourth-order valence-corrected chi connectivity index (χ4v) is 3.43. The van der Waals surface area contributed by atoms with E-state index in [9.17, 15) is 9.90 Å². The summed E-state index contributed by atoms with van der Waals surface area (Å²) in [6.07, 6.45) is 0.204. The molecule has 116 valence electrons. The third kappa shape index (κ3) is 5.02. The summed E-state index contributed by atoms with van der Waals surface area (Å²) in [5.41, 5.74) is 1.04. The number of carbonyl (C=O) groups is 1. The maximum absolute atomic E-state index is 12.6. The second-order valence-corrected chi connectivity index (χ2v) is 6.62. The summed E-state index contributed by atoms with van der Waals surface area (Å²) in [5.74, 6) is 2.18. The van der Waals surface area contributed by atoms with Crippen molar-refractivity contribution in [3.05, 3.63) is 35.9 Å². The quantitative estimate of drug-likeness (QED) is 0.839. The Morgan fingerprint density at radius 3 is 2.62 bits per heavy atom. The van der Waals surface area contributed by atoms with Crippen LogP contribution in [0, 0.1) is 0 Å². The first-order chi connectivity index (χ1) is 10.2. The fourth-order valence-electron chi connectivity index (χ4n) is 2.50. The van der Waals surface area contributed by atoms with Crippen molar-refractivity contribution in [1.29, 1.82) is 0 Å². The molecule has 0 aliphatic carbocycles. The van der Waals surface area contributed by atoms with Crippen LogP contribution in [0.1, 0.15) is 24.9 Å². The summed E-state index contributed by atoms with van der Waals surface area (Å²) < 4.78 is 0. The molecule has 0 bridgehead atoms. The first-order valence-electron chi connectivity index (χ1n) is 7.51. The van der Waals surface area contributed by atoms with E-state index in [1.165, 1.54) is 0 Å². The third-order valence-electron chi connectivity index (χ3n) is 3.64. The number of benzene rings is 1. The molecular weight excluding hydrogens is 284 g/mol. The van der Waals surface area contributed by atoms with Gasteiger partial charge in [-0.25, -0.2) is 0 Å². The normalized spacial score (nSPS) is 19.0. The lowest BCUT2D eigenvalue weighted by Crippen LogP contribution is -2.44. The Morgan fingerprint density at radius 2 is 2.00 bits per heavy atom. The summed E-state index contributed by atoms with van der Waals surface area (Å²) in [6, 6.07) is 9.73.